The van der Waals surface area contributed by atoms with Crippen LogP contribution in [-0.4, -0.2) is 24.3 Å². The molecular formula is C17H14F2N2O2. The van der Waals surface area contributed by atoms with Gasteiger partial charge in [0.2, 0.25) is 5.91 Å². The standard InChI is InChI=1S/C17H14F2N2O2/c1-10(17(23)11-5-3-2-4-6-11)21-15-8-13(19)12(18)7-14(15)20-9-16(21)22/h2-8,10,20H,9H2,1H3. The molecule has 0 aliphatic carbocycles. The van der Waals surface area contributed by atoms with Crippen LogP contribution in [0.15, 0.2) is 42.5 Å². The van der Waals surface area contributed by atoms with E-state index >= 15 is 0 Å². The summed E-state index contributed by atoms with van der Waals surface area (Å²) in [4.78, 5) is 26.0. The summed E-state index contributed by atoms with van der Waals surface area (Å²) in [5, 5.41) is 2.73. The molecule has 3 rings (SSSR count). The number of hydrogen-bond donors (Lipinski definition) is 1. The minimum atomic E-state index is -1.07. The monoisotopic (exact) mass is 316 g/mol. The van der Waals surface area contributed by atoms with Crippen LogP contribution in [0, 0.1) is 11.6 Å². The third kappa shape index (κ3) is 2.67. The first kappa shape index (κ1) is 15.1. The minimum absolute atomic E-state index is 0.0789. The molecular weight excluding hydrogens is 302 g/mol. The molecule has 0 spiro atoms. The third-order valence-electron chi connectivity index (χ3n) is 3.82. The van der Waals surface area contributed by atoms with Crippen LogP contribution in [0.4, 0.5) is 20.2 Å². The lowest BCUT2D eigenvalue weighted by Crippen LogP contribution is -2.48. The number of carbonyl (C=O) groups is 2. The van der Waals surface area contributed by atoms with Crippen molar-refractivity contribution in [1.82, 2.24) is 0 Å². The Morgan fingerprint density at radius 3 is 2.52 bits per heavy atom. The topological polar surface area (TPSA) is 49.4 Å². The largest absolute Gasteiger partial charge is 0.374 e. The van der Waals surface area contributed by atoms with Gasteiger partial charge >= 0.3 is 0 Å². The molecule has 1 atom stereocenters. The summed E-state index contributed by atoms with van der Waals surface area (Å²) in [7, 11) is 0. The van der Waals surface area contributed by atoms with Gasteiger partial charge in [-0.15, -0.1) is 0 Å². The molecule has 0 saturated heterocycles. The summed E-state index contributed by atoms with van der Waals surface area (Å²) in [5.41, 5.74) is 0.906. The zero-order valence-corrected chi connectivity index (χ0v) is 12.3. The second-order valence-electron chi connectivity index (χ2n) is 5.31. The van der Waals surface area contributed by atoms with Gasteiger partial charge in [0.05, 0.1) is 24.0 Å². The fourth-order valence-corrected chi connectivity index (χ4v) is 2.65. The maximum Gasteiger partial charge on any atom is 0.247 e. The Balaban J connectivity index is 2.01. The molecule has 6 heteroatoms. The lowest BCUT2D eigenvalue weighted by atomic mass is 10.0. The maximum atomic E-state index is 13.6. The van der Waals surface area contributed by atoms with Crippen LogP contribution in [-0.2, 0) is 4.79 Å². The van der Waals surface area contributed by atoms with Crippen molar-refractivity contribution in [3.8, 4) is 0 Å². The predicted molar refractivity (Wildman–Crippen MR) is 82.6 cm³/mol. The van der Waals surface area contributed by atoms with Gasteiger partial charge in [0, 0.05) is 17.7 Å². The normalized spacial score (nSPS) is 14.9. The summed E-state index contributed by atoms with van der Waals surface area (Å²) in [6.07, 6.45) is 0. The van der Waals surface area contributed by atoms with Crippen LogP contribution in [0.5, 0.6) is 0 Å². The van der Waals surface area contributed by atoms with Crippen molar-refractivity contribution in [2.75, 3.05) is 16.8 Å². The highest BCUT2D eigenvalue weighted by molar-refractivity contribution is 6.11. The fraction of sp³-hybridized carbons (Fsp3) is 0.176. The molecule has 23 heavy (non-hydrogen) atoms. The molecule has 1 unspecified atom stereocenters. The van der Waals surface area contributed by atoms with E-state index < -0.39 is 17.7 Å². The molecule has 0 aromatic heterocycles. The third-order valence-corrected chi connectivity index (χ3v) is 3.82. The van der Waals surface area contributed by atoms with Crippen LogP contribution < -0.4 is 10.2 Å². The molecule has 2 aromatic rings. The Morgan fingerprint density at radius 2 is 1.83 bits per heavy atom. The molecule has 0 fully saturated rings. The Labute approximate surface area is 131 Å². The van der Waals surface area contributed by atoms with Gasteiger partial charge in [-0.3, -0.25) is 14.5 Å². The number of ketones is 1. The Morgan fingerprint density at radius 1 is 1.17 bits per heavy atom. The summed E-state index contributed by atoms with van der Waals surface area (Å²) in [6, 6.07) is 9.63. The van der Waals surface area contributed by atoms with Crippen LogP contribution in [0.1, 0.15) is 17.3 Å². The van der Waals surface area contributed by atoms with E-state index in [1.54, 1.807) is 37.3 Å². The number of carbonyl (C=O) groups excluding carboxylic acids is 2. The van der Waals surface area contributed by atoms with E-state index in [-0.39, 0.29) is 29.6 Å². The molecule has 0 radical (unpaired) electrons. The van der Waals surface area contributed by atoms with E-state index in [0.717, 1.165) is 12.1 Å². The van der Waals surface area contributed by atoms with Crippen molar-refractivity contribution in [3.05, 3.63) is 59.7 Å². The van der Waals surface area contributed by atoms with E-state index in [4.69, 9.17) is 0 Å². The molecule has 2 aromatic carbocycles. The first-order valence-electron chi connectivity index (χ1n) is 7.13. The van der Waals surface area contributed by atoms with Crippen LogP contribution in [0.3, 0.4) is 0 Å². The first-order valence-corrected chi connectivity index (χ1v) is 7.13. The second-order valence-corrected chi connectivity index (χ2v) is 5.31. The quantitative estimate of drug-likeness (QED) is 0.886. The average Bonchev–Trinajstić information content (AvgIpc) is 2.56. The van der Waals surface area contributed by atoms with Gasteiger partial charge in [0.15, 0.2) is 17.4 Å². The second kappa shape index (κ2) is 5.79. The number of nitrogens with one attached hydrogen (secondary N) is 1. The number of nitrogens with zero attached hydrogens (tertiary/aromatic N) is 1. The van der Waals surface area contributed by atoms with Gasteiger partial charge in [-0.25, -0.2) is 8.78 Å². The Hall–Kier alpha value is -2.76. The highest BCUT2D eigenvalue weighted by atomic mass is 19.2. The zero-order valence-electron chi connectivity index (χ0n) is 12.3. The van der Waals surface area contributed by atoms with E-state index in [9.17, 15) is 18.4 Å². The smallest absolute Gasteiger partial charge is 0.247 e. The van der Waals surface area contributed by atoms with Gasteiger partial charge in [-0.1, -0.05) is 30.3 Å². The fourth-order valence-electron chi connectivity index (χ4n) is 2.65. The lowest BCUT2D eigenvalue weighted by Gasteiger charge is -2.34. The van der Waals surface area contributed by atoms with Crippen molar-refractivity contribution >= 4 is 23.1 Å². The molecule has 4 nitrogen and oxygen atoms in total. The highest BCUT2D eigenvalue weighted by Crippen LogP contribution is 2.33. The molecule has 1 aliphatic heterocycles. The Bertz CT molecular complexity index is 778. The summed E-state index contributed by atoms with van der Waals surface area (Å²) in [6.45, 7) is 1.49. The van der Waals surface area contributed by atoms with Crippen molar-refractivity contribution in [3.63, 3.8) is 0 Å². The number of anilines is 2. The van der Waals surface area contributed by atoms with Gasteiger partial charge in [0.25, 0.3) is 0 Å². The van der Waals surface area contributed by atoms with Crippen LogP contribution >= 0.6 is 0 Å². The van der Waals surface area contributed by atoms with Crippen LogP contribution in [0.2, 0.25) is 0 Å². The molecule has 1 amide bonds. The van der Waals surface area contributed by atoms with E-state index in [1.807, 2.05) is 0 Å². The molecule has 1 heterocycles. The minimum Gasteiger partial charge on any atom is -0.374 e. The number of halogens is 2. The summed E-state index contributed by atoms with van der Waals surface area (Å²) in [5.74, 6) is -2.71. The molecule has 0 bridgehead atoms. The number of amides is 1. The van der Waals surface area contributed by atoms with E-state index in [2.05, 4.69) is 5.32 Å². The van der Waals surface area contributed by atoms with E-state index in [1.165, 1.54) is 4.90 Å². The van der Waals surface area contributed by atoms with Crippen molar-refractivity contribution in [2.45, 2.75) is 13.0 Å². The molecule has 1 N–H and O–H groups in total. The predicted octanol–water partition coefficient (Wildman–Crippen LogP) is 2.99. The average molecular weight is 316 g/mol. The Kier molecular flexibility index (Phi) is 3.82. The van der Waals surface area contributed by atoms with Gasteiger partial charge in [-0.05, 0) is 6.92 Å². The van der Waals surface area contributed by atoms with Crippen molar-refractivity contribution in [1.29, 1.82) is 0 Å². The maximum absolute atomic E-state index is 13.6. The van der Waals surface area contributed by atoms with Crippen LogP contribution in [0.25, 0.3) is 0 Å². The number of benzene rings is 2. The number of Topliss-reactive ketones (excluding diaryl/α,β-unsaturated/α-hetero) is 1. The number of hydrogen-bond acceptors (Lipinski definition) is 3. The SMILES string of the molecule is CC(C(=O)c1ccccc1)N1C(=O)CNc2cc(F)c(F)cc21. The van der Waals surface area contributed by atoms with Crippen molar-refractivity contribution < 1.29 is 18.4 Å². The summed E-state index contributed by atoms with van der Waals surface area (Å²) >= 11 is 0. The zero-order chi connectivity index (χ0) is 16.6. The van der Waals surface area contributed by atoms with Gasteiger partial charge in [0.1, 0.15) is 0 Å². The van der Waals surface area contributed by atoms with Gasteiger partial charge in [-0.2, -0.15) is 0 Å². The summed E-state index contributed by atoms with van der Waals surface area (Å²) < 4.78 is 26.9. The lowest BCUT2D eigenvalue weighted by molar-refractivity contribution is -0.117. The molecule has 1 aliphatic rings. The molecule has 0 saturated carbocycles. The molecule has 118 valence electrons. The highest BCUT2D eigenvalue weighted by Gasteiger charge is 2.33. The van der Waals surface area contributed by atoms with Gasteiger partial charge < -0.3 is 5.32 Å². The first-order chi connectivity index (χ1) is 11.0. The van der Waals surface area contributed by atoms with Crippen molar-refractivity contribution in [2.24, 2.45) is 0 Å². The number of fused-ring (bicyclic) bond motifs is 1. The number of rotatable bonds is 3. The van der Waals surface area contributed by atoms with E-state index in [0.29, 0.717) is 5.56 Å².